The standard InChI is InChI=1S/C16H19N3O2/c1-12-6-4-5-7-15(12)21-9-8-19(3)16(20)14-11-17-13(2)10-18-14/h4-7,10-11H,8-9H2,1-3H3. The van der Waals surface area contributed by atoms with E-state index < -0.39 is 0 Å². The summed E-state index contributed by atoms with van der Waals surface area (Å²) in [5.74, 6) is 0.685. The van der Waals surface area contributed by atoms with Gasteiger partial charge in [0.05, 0.1) is 18.4 Å². The van der Waals surface area contributed by atoms with Gasteiger partial charge in [-0.3, -0.25) is 9.78 Å². The van der Waals surface area contributed by atoms with Gasteiger partial charge in [0.1, 0.15) is 18.1 Å². The highest BCUT2D eigenvalue weighted by atomic mass is 16.5. The maximum absolute atomic E-state index is 12.1. The monoisotopic (exact) mass is 285 g/mol. The van der Waals surface area contributed by atoms with E-state index in [1.54, 1.807) is 18.1 Å². The Labute approximate surface area is 124 Å². The van der Waals surface area contributed by atoms with Crippen LogP contribution in [0.5, 0.6) is 5.75 Å². The van der Waals surface area contributed by atoms with Crippen LogP contribution in [0.25, 0.3) is 0 Å². The Kier molecular flexibility index (Phi) is 4.87. The van der Waals surface area contributed by atoms with Gasteiger partial charge in [-0.2, -0.15) is 0 Å². The minimum Gasteiger partial charge on any atom is -0.491 e. The maximum Gasteiger partial charge on any atom is 0.273 e. The number of nitrogens with zero attached hydrogens (tertiary/aromatic N) is 3. The number of aromatic nitrogens is 2. The van der Waals surface area contributed by atoms with Crippen LogP contribution < -0.4 is 4.74 Å². The van der Waals surface area contributed by atoms with Crippen LogP contribution >= 0.6 is 0 Å². The molecule has 2 aromatic rings. The number of benzene rings is 1. The summed E-state index contributed by atoms with van der Waals surface area (Å²) >= 11 is 0. The highest BCUT2D eigenvalue weighted by Gasteiger charge is 2.13. The number of ether oxygens (including phenoxy) is 1. The minimum atomic E-state index is -0.157. The molecule has 0 spiro atoms. The summed E-state index contributed by atoms with van der Waals surface area (Å²) in [4.78, 5) is 21.9. The largest absolute Gasteiger partial charge is 0.491 e. The van der Waals surface area contributed by atoms with Gasteiger partial charge >= 0.3 is 0 Å². The predicted molar refractivity (Wildman–Crippen MR) is 80.4 cm³/mol. The van der Waals surface area contributed by atoms with Crippen molar-refractivity contribution in [1.82, 2.24) is 14.9 Å². The quantitative estimate of drug-likeness (QED) is 0.845. The van der Waals surface area contributed by atoms with Crippen molar-refractivity contribution < 1.29 is 9.53 Å². The Morgan fingerprint density at radius 1 is 1.19 bits per heavy atom. The number of amides is 1. The Bertz CT molecular complexity index is 611. The predicted octanol–water partition coefficient (Wildman–Crippen LogP) is 2.24. The molecular weight excluding hydrogens is 266 g/mol. The molecular formula is C16H19N3O2. The number of aryl methyl sites for hydroxylation is 2. The Hall–Kier alpha value is -2.43. The van der Waals surface area contributed by atoms with Gasteiger partial charge in [-0.25, -0.2) is 4.98 Å². The van der Waals surface area contributed by atoms with Crippen molar-refractivity contribution in [3.05, 3.63) is 53.6 Å². The SMILES string of the molecule is Cc1cnc(C(=O)N(C)CCOc2ccccc2C)cn1. The fourth-order valence-corrected chi connectivity index (χ4v) is 1.81. The van der Waals surface area contributed by atoms with Crippen LogP contribution in [-0.4, -0.2) is 41.0 Å². The summed E-state index contributed by atoms with van der Waals surface area (Å²) in [5.41, 5.74) is 2.21. The summed E-state index contributed by atoms with van der Waals surface area (Å²) in [7, 11) is 1.73. The van der Waals surface area contributed by atoms with Gasteiger partial charge < -0.3 is 9.64 Å². The molecule has 0 bridgehead atoms. The third-order valence-electron chi connectivity index (χ3n) is 3.12. The molecule has 0 aliphatic carbocycles. The van der Waals surface area contributed by atoms with E-state index in [2.05, 4.69) is 9.97 Å². The van der Waals surface area contributed by atoms with Gasteiger partial charge in [-0.05, 0) is 25.5 Å². The van der Waals surface area contributed by atoms with E-state index in [0.29, 0.717) is 18.8 Å². The van der Waals surface area contributed by atoms with Crippen molar-refractivity contribution in [3.63, 3.8) is 0 Å². The van der Waals surface area contributed by atoms with E-state index in [0.717, 1.165) is 17.0 Å². The topological polar surface area (TPSA) is 55.3 Å². The average molecular weight is 285 g/mol. The lowest BCUT2D eigenvalue weighted by Crippen LogP contribution is -2.31. The first-order valence-electron chi connectivity index (χ1n) is 6.80. The first-order valence-corrected chi connectivity index (χ1v) is 6.80. The first kappa shape index (κ1) is 15.0. The van der Waals surface area contributed by atoms with Crippen LogP contribution in [0.4, 0.5) is 0 Å². The molecule has 0 saturated heterocycles. The number of para-hydroxylation sites is 1. The third-order valence-corrected chi connectivity index (χ3v) is 3.12. The molecule has 0 N–H and O–H groups in total. The van der Waals surface area contributed by atoms with Gasteiger partial charge in [-0.15, -0.1) is 0 Å². The minimum absolute atomic E-state index is 0.157. The molecule has 2 rings (SSSR count). The number of hydrogen-bond acceptors (Lipinski definition) is 4. The fraction of sp³-hybridized carbons (Fsp3) is 0.312. The summed E-state index contributed by atoms with van der Waals surface area (Å²) in [6, 6.07) is 7.81. The zero-order chi connectivity index (χ0) is 15.2. The number of carbonyl (C=O) groups excluding carboxylic acids is 1. The van der Waals surface area contributed by atoms with Crippen LogP contribution in [0.2, 0.25) is 0 Å². The summed E-state index contributed by atoms with van der Waals surface area (Å²) in [5, 5.41) is 0. The maximum atomic E-state index is 12.1. The van der Waals surface area contributed by atoms with E-state index >= 15 is 0 Å². The highest BCUT2D eigenvalue weighted by Crippen LogP contribution is 2.15. The molecule has 1 aromatic carbocycles. The molecule has 0 saturated carbocycles. The normalized spacial score (nSPS) is 10.2. The van der Waals surface area contributed by atoms with Crippen LogP contribution in [0.1, 0.15) is 21.7 Å². The van der Waals surface area contributed by atoms with Gasteiger partial charge in [0.15, 0.2) is 0 Å². The number of likely N-dealkylation sites (N-methyl/N-ethyl adjacent to an activating group) is 1. The molecule has 0 aliphatic heterocycles. The van der Waals surface area contributed by atoms with Crippen molar-refractivity contribution in [3.8, 4) is 5.75 Å². The van der Waals surface area contributed by atoms with Crippen molar-refractivity contribution in [1.29, 1.82) is 0 Å². The molecule has 5 heteroatoms. The number of rotatable bonds is 5. The zero-order valence-corrected chi connectivity index (χ0v) is 12.5. The molecule has 5 nitrogen and oxygen atoms in total. The van der Waals surface area contributed by atoms with Gasteiger partial charge in [-0.1, -0.05) is 18.2 Å². The van der Waals surface area contributed by atoms with E-state index in [4.69, 9.17) is 4.74 Å². The van der Waals surface area contributed by atoms with E-state index in [1.165, 1.54) is 6.20 Å². The van der Waals surface area contributed by atoms with E-state index in [-0.39, 0.29) is 5.91 Å². The molecule has 0 unspecified atom stereocenters. The molecule has 0 atom stereocenters. The number of hydrogen-bond donors (Lipinski definition) is 0. The summed E-state index contributed by atoms with van der Waals surface area (Å²) < 4.78 is 5.68. The lowest BCUT2D eigenvalue weighted by atomic mass is 10.2. The van der Waals surface area contributed by atoms with Crippen LogP contribution in [-0.2, 0) is 0 Å². The Balaban J connectivity index is 1.87. The van der Waals surface area contributed by atoms with Crippen molar-refractivity contribution >= 4 is 5.91 Å². The molecule has 0 radical (unpaired) electrons. The molecule has 21 heavy (non-hydrogen) atoms. The van der Waals surface area contributed by atoms with Gasteiger partial charge in [0.25, 0.3) is 5.91 Å². The molecule has 1 heterocycles. The fourth-order valence-electron chi connectivity index (χ4n) is 1.81. The summed E-state index contributed by atoms with van der Waals surface area (Å²) in [6.07, 6.45) is 3.08. The lowest BCUT2D eigenvalue weighted by Gasteiger charge is -2.17. The van der Waals surface area contributed by atoms with Crippen molar-refractivity contribution in [2.75, 3.05) is 20.2 Å². The van der Waals surface area contributed by atoms with E-state index in [9.17, 15) is 4.79 Å². The smallest absolute Gasteiger partial charge is 0.273 e. The third kappa shape index (κ3) is 4.02. The molecule has 1 aromatic heterocycles. The number of carbonyl (C=O) groups is 1. The second-order valence-electron chi connectivity index (χ2n) is 4.88. The van der Waals surface area contributed by atoms with E-state index in [1.807, 2.05) is 38.1 Å². The Morgan fingerprint density at radius 3 is 2.62 bits per heavy atom. The van der Waals surface area contributed by atoms with Crippen LogP contribution in [0.3, 0.4) is 0 Å². The molecule has 0 aliphatic rings. The Morgan fingerprint density at radius 2 is 1.95 bits per heavy atom. The first-order chi connectivity index (χ1) is 10.1. The van der Waals surface area contributed by atoms with Gasteiger partial charge in [0, 0.05) is 13.2 Å². The highest BCUT2D eigenvalue weighted by molar-refractivity contribution is 5.91. The molecule has 110 valence electrons. The second kappa shape index (κ2) is 6.83. The molecule has 1 amide bonds. The van der Waals surface area contributed by atoms with Gasteiger partial charge in [0.2, 0.25) is 0 Å². The van der Waals surface area contributed by atoms with Crippen LogP contribution in [0, 0.1) is 13.8 Å². The molecule has 0 fully saturated rings. The lowest BCUT2D eigenvalue weighted by molar-refractivity contribution is 0.0767. The second-order valence-corrected chi connectivity index (χ2v) is 4.88. The van der Waals surface area contributed by atoms with Crippen molar-refractivity contribution in [2.24, 2.45) is 0 Å². The van der Waals surface area contributed by atoms with Crippen LogP contribution in [0.15, 0.2) is 36.7 Å². The summed E-state index contributed by atoms with van der Waals surface area (Å²) in [6.45, 7) is 4.75. The average Bonchev–Trinajstić information content (AvgIpc) is 2.49. The zero-order valence-electron chi connectivity index (χ0n) is 12.5. The van der Waals surface area contributed by atoms with Crippen molar-refractivity contribution in [2.45, 2.75) is 13.8 Å².